The van der Waals surface area contributed by atoms with E-state index in [9.17, 15) is 13.2 Å². The van der Waals surface area contributed by atoms with Gasteiger partial charge in [-0.15, -0.1) is 0 Å². The molecule has 0 aliphatic carbocycles. The van der Waals surface area contributed by atoms with Crippen molar-refractivity contribution in [2.75, 3.05) is 17.9 Å². The van der Waals surface area contributed by atoms with Gasteiger partial charge in [-0.3, -0.25) is 9.10 Å². The maximum atomic E-state index is 13.1. The van der Waals surface area contributed by atoms with E-state index in [1.54, 1.807) is 31.3 Å². The molecule has 7 heteroatoms. The first-order chi connectivity index (χ1) is 12.8. The SMILES string of the molecule is CC.Cc1ccc2c(c1)S(=O)(=O)N(C)c1ccccc1C2NCCC(=O)O. The number of aryl methyl sites for hydroxylation is 1. The van der Waals surface area contributed by atoms with Crippen LogP contribution < -0.4 is 9.62 Å². The molecule has 2 aromatic rings. The number of carboxylic acid groups (broad SMARTS) is 1. The summed E-state index contributed by atoms with van der Waals surface area (Å²) in [5, 5.41) is 12.1. The van der Waals surface area contributed by atoms with E-state index in [4.69, 9.17) is 5.11 Å². The van der Waals surface area contributed by atoms with E-state index in [-0.39, 0.29) is 17.9 Å². The van der Waals surface area contributed by atoms with Crippen molar-refractivity contribution in [1.29, 1.82) is 0 Å². The van der Waals surface area contributed by atoms with Crippen molar-refractivity contribution in [1.82, 2.24) is 5.32 Å². The fourth-order valence-electron chi connectivity index (χ4n) is 3.11. The molecule has 0 fully saturated rings. The summed E-state index contributed by atoms with van der Waals surface area (Å²) >= 11 is 0. The van der Waals surface area contributed by atoms with Crippen LogP contribution >= 0.6 is 0 Å². The highest BCUT2D eigenvalue weighted by Gasteiger charge is 2.34. The number of benzene rings is 2. The lowest BCUT2D eigenvalue weighted by atomic mass is 9.96. The van der Waals surface area contributed by atoms with Crippen LogP contribution in [0.15, 0.2) is 47.4 Å². The minimum absolute atomic E-state index is 0.0392. The first-order valence-corrected chi connectivity index (χ1v) is 10.4. The van der Waals surface area contributed by atoms with Gasteiger partial charge in [-0.05, 0) is 35.7 Å². The Balaban J connectivity index is 0.00000126. The Hall–Kier alpha value is -2.38. The smallest absolute Gasteiger partial charge is 0.304 e. The van der Waals surface area contributed by atoms with E-state index in [2.05, 4.69) is 5.32 Å². The van der Waals surface area contributed by atoms with Gasteiger partial charge in [0.25, 0.3) is 10.0 Å². The van der Waals surface area contributed by atoms with Crippen LogP contribution in [0.1, 0.15) is 43.0 Å². The second-order valence-electron chi connectivity index (χ2n) is 6.10. The Bertz CT molecular complexity index is 925. The highest BCUT2D eigenvalue weighted by Crippen LogP contribution is 2.40. The van der Waals surface area contributed by atoms with Crippen molar-refractivity contribution < 1.29 is 18.3 Å². The van der Waals surface area contributed by atoms with E-state index in [1.807, 2.05) is 39.0 Å². The third-order valence-electron chi connectivity index (χ3n) is 4.39. The van der Waals surface area contributed by atoms with Crippen LogP contribution in [0.5, 0.6) is 0 Å². The number of rotatable bonds is 4. The summed E-state index contributed by atoms with van der Waals surface area (Å²) in [4.78, 5) is 11.1. The van der Waals surface area contributed by atoms with Crippen molar-refractivity contribution in [3.05, 3.63) is 59.2 Å². The fourth-order valence-corrected chi connectivity index (χ4v) is 4.65. The van der Waals surface area contributed by atoms with Gasteiger partial charge in [0.15, 0.2) is 0 Å². The average molecular weight is 391 g/mol. The highest BCUT2D eigenvalue weighted by molar-refractivity contribution is 7.92. The van der Waals surface area contributed by atoms with Crippen molar-refractivity contribution >= 4 is 21.7 Å². The number of anilines is 1. The van der Waals surface area contributed by atoms with Crippen LogP contribution in [-0.4, -0.2) is 33.1 Å². The molecule has 1 heterocycles. The molecule has 1 unspecified atom stereocenters. The molecule has 6 nitrogen and oxygen atoms in total. The van der Waals surface area contributed by atoms with E-state index in [0.29, 0.717) is 11.3 Å². The number of hydrogen-bond acceptors (Lipinski definition) is 4. The summed E-state index contributed by atoms with van der Waals surface area (Å²) in [5.74, 6) is -0.900. The van der Waals surface area contributed by atoms with E-state index >= 15 is 0 Å². The number of sulfonamides is 1. The normalized spacial score (nSPS) is 17.0. The first kappa shape index (κ1) is 20.9. The lowest BCUT2D eigenvalue weighted by Crippen LogP contribution is -2.26. The van der Waals surface area contributed by atoms with Crippen molar-refractivity contribution in [2.45, 2.75) is 38.1 Å². The predicted octanol–water partition coefficient (Wildman–Crippen LogP) is 3.31. The molecule has 27 heavy (non-hydrogen) atoms. The van der Waals surface area contributed by atoms with Crippen LogP contribution in [0.4, 0.5) is 5.69 Å². The van der Waals surface area contributed by atoms with Gasteiger partial charge in [0.1, 0.15) is 0 Å². The maximum absolute atomic E-state index is 13.1. The molecular formula is C20H26N2O4S. The van der Waals surface area contributed by atoms with Gasteiger partial charge in [-0.1, -0.05) is 44.2 Å². The summed E-state index contributed by atoms with van der Waals surface area (Å²) in [6.45, 7) is 6.09. The van der Waals surface area contributed by atoms with Gasteiger partial charge in [0.2, 0.25) is 0 Å². The number of fused-ring (bicyclic) bond motifs is 2. The zero-order valence-electron chi connectivity index (χ0n) is 16.1. The van der Waals surface area contributed by atoms with Gasteiger partial charge >= 0.3 is 5.97 Å². The number of carboxylic acids is 1. The number of para-hydroxylation sites is 1. The molecule has 0 radical (unpaired) electrons. The van der Waals surface area contributed by atoms with Crippen molar-refractivity contribution in [2.24, 2.45) is 0 Å². The van der Waals surface area contributed by atoms with Gasteiger partial charge in [0, 0.05) is 13.6 Å². The zero-order chi connectivity index (χ0) is 20.2. The summed E-state index contributed by atoms with van der Waals surface area (Å²) < 4.78 is 27.4. The predicted molar refractivity (Wildman–Crippen MR) is 107 cm³/mol. The number of carbonyl (C=O) groups is 1. The molecule has 146 valence electrons. The Morgan fingerprint density at radius 3 is 2.48 bits per heavy atom. The highest BCUT2D eigenvalue weighted by atomic mass is 32.2. The Labute approximate surface area is 160 Å². The topological polar surface area (TPSA) is 86.7 Å². The second kappa shape index (κ2) is 8.54. The quantitative estimate of drug-likeness (QED) is 0.836. The third kappa shape index (κ3) is 4.14. The molecule has 0 bridgehead atoms. The molecule has 3 rings (SSSR count). The first-order valence-electron chi connectivity index (χ1n) is 8.96. The van der Waals surface area contributed by atoms with Gasteiger partial charge in [-0.2, -0.15) is 0 Å². The number of hydrogen-bond donors (Lipinski definition) is 2. The fraction of sp³-hybridized carbons (Fsp3) is 0.350. The number of nitrogens with zero attached hydrogens (tertiary/aromatic N) is 1. The van der Waals surface area contributed by atoms with E-state index in [1.165, 1.54) is 4.31 Å². The Kier molecular flexibility index (Phi) is 6.62. The molecule has 1 aliphatic heterocycles. The van der Waals surface area contributed by atoms with Crippen LogP contribution in [0, 0.1) is 6.92 Å². The van der Waals surface area contributed by atoms with Crippen molar-refractivity contribution in [3.63, 3.8) is 0 Å². The van der Waals surface area contributed by atoms with Crippen LogP contribution in [0.2, 0.25) is 0 Å². The number of aliphatic carboxylic acids is 1. The molecule has 1 aliphatic rings. The van der Waals surface area contributed by atoms with E-state index < -0.39 is 22.0 Å². The largest absolute Gasteiger partial charge is 0.481 e. The van der Waals surface area contributed by atoms with Gasteiger partial charge < -0.3 is 10.4 Å². The molecule has 0 aromatic heterocycles. The van der Waals surface area contributed by atoms with Gasteiger partial charge in [0.05, 0.1) is 23.0 Å². The molecule has 0 saturated carbocycles. The maximum Gasteiger partial charge on any atom is 0.304 e. The molecule has 0 amide bonds. The molecule has 1 atom stereocenters. The van der Waals surface area contributed by atoms with E-state index in [0.717, 1.165) is 11.1 Å². The minimum Gasteiger partial charge on any atom is -0.481 e. The molecule has 2 aromatic carbocycles. The Morgan fingerprint density at radius 1 is 1.15 bits per heavy atom. The lowest BCUT2D eigenvalue weighted by molar-refractivity contribution is -0.136. The summed E-state index contributed by atoms with van der Waals surface area (Å²) in [7, 11) is -2.15. The third-order valence-corrected chi connectivity index (χ3v) is 6.22. The summed E-state index contributed by atoms with van der Waals surface area (Å²) in [6.07, 6.45) is -0.0392. The molecule has 0 spiro atoms. The monoisotopic (exact) mass is 390 g/mol. The van der Waals surface area contributed by atoms with Gasteiger partial charge in [-0.25, -0.2) is 8.42 Å². The second-order valence-corrected chi connectivity index (χ2v) is 8.04. The molecule has 2 N–H and O–H groups in total. The molecule has 0 saturated heterocycles. The van der Waals surface area contributed by atoms with Crippen LogP contribution in [0.25, 0.3) is 0 Å². The minimum atomic E-state index is -3.69. The van der Waals surface area contributed by atoms with Crippen LogP contribution in [-0.2, 0) is 14.8 Å². The summed E-state index contributed by atoms with van der Waals surface area (Å²) in [6, 6.07) is 12.2. The number of nitrogens with one attached hydrogen (secondary N) is 1. The van der Waals surface area contributed by atoms with Crippen LogP contribution in [0.3, 0.4) is 0 Å². The lowest BCUT2D eigenvalue weighted by Gasteiger charge is -2.21. The zero-order valence-corrected chi connectivity index (χ0v) is 16.9. The standard InChI is InChI=1S/C18H20N2O4S.C2H6/c1-12-7-8-14-16(11-12)25(23,24)20(2)15-6-4-3-5-13(15)18(14)19-10-9-17(21)22;1-2/h3-8,11,18-19H,9-10H2,1-2H3,(H,21,22);1-2H3. The average Bonchev–Trinajstić information content (AvgIpc) is 2.72. The summed E-state index contributed by atoms with van der Waals surface area (Å²) in [5.41, 5.74) is 2.88. The Morgan fingerprint density at radius 2 is 1.81 bits per heavy atom. The van der Waals surface area contributed by atoms with Crippen molar-refractivity contribution in [3.8, 4) is 0 Å². The molecular weight excluding hydrogens is 364 g/mol.